The molecule has 23 aromatic carbocycles. The van der Waals surface area contributed by atoms with E-state index in [1.807, 2.05) is 83.3 Å². The van der Waals surface area contributed by atoms with Gasteiger partial charge in [0.2, 0.25) is 0 Å². The number of hydrogen-bond acceptors (Lipinski definition) is 12. The van der Waals surface area contributed by atoms with Gasteiger partial charge in [0.15, 0.2) is 23.3 Å². The average molecular weight is 1870 g/mol. The fourth-order valence-corrected chi connectivity index (χ4v) is 23.6. The Kier molecular flexibility index (Phi) is 20.1. The van der Waals surface area contributed by atoms with E-state index < -0.39 is 0 Å². The molecule has 0 radical (unpaired) electrons. The number of aromatic nitrogens is 8. The summed E-state index contributed by atoms with van der Waals surface area (Å²) >= 11 is 3.72. The monoisotopic (exact) mass is 1870 g/mol. The SMILES string of the molecule is c1ccc(-c2nc(-c3ccc4c(ccc5oc6ccccc6c54)c3)nc3c2ccc2ccccc23)cc1.c1ccc(-c2nc(-c3ccc4c(ccc5oc6ccccc6c54)c3)nc3ccc4ccccc4c23)cc1.c1ccc(-c2nc(-c3ccc4ccc5c6ccccc6sc5c4c3)nc3c2ccc2ccccc23)cc1.c1ccc(-c2nc(-c3ccc4ccc5c6ccccc6sc5c4c3)nc3ccccc23)cc1. The maximum atomic E-state index is 6.10. The Balaban J connectivity index is 0.0000000935. The van der Waals surface area contributed by atoms with E-state index in [0.717, 1.165) is 205 Å². The van der Waals surface area contributed by atoms with Crippen molar-refractivity contribution in [2.24, 2.45) is 0 Å². The summed E-state index contributed by atoms with van der Waals surface area (Å²) in [6, 6.07) is 165. The van der Waals surface area contributed by atoms with Crippen LogP contribution in [-0.2, 0) is 0 Å². The molecule has 670 valence electrons. The molecule has 31 rings (SSSR count). The molecule has 8 heterocycles. The first-order valence-corrected chi connectivity index (χ1v) is 49.9. The van der Waals surface area contributed by atoms with Crippen LogP contribution in [0.1, 0.15) is 0 Å². The zero-order valence-electron chi connectivity index (χ0n) is 77.2. The second kappa shape index (κ2) is 34.7. The number of rotatable bonds is 8. The van der Waals surface area contributed by atoms with E-state index in [1.54, 1.807) is 0 Å². The minimum atomic E-state index is 0.723. The van der Waals surface area contributed by atoms with Gasteiger partial charge in [-0.1, -0.05) is 388 Å². The summed E-state index contributed by atoms with van der Waals surface area (Å²) in [4.78, 5) is 40.9. The number of benzene rings is 23. The molecule has 0 saturated carbocycles. The first kappa shape index (κ1) is 83.4. The quantitative estimate of drug-likeness (QED) is 0.136. The van der Waals surface area contributed by atoms with Crippen LogP contribution in [0, 0.1) is 0 Å². The molecule has 0 atom stereocenters. The molecule has 0 amide bonds. The molecule has 144 heavy (non-hydrogen) atoms. The lowest BCUT2D eigenvalue weighted by Crippen LogP contribution is -1.96. The summed E-state index contributed by atoms with van der Waals surface area (Å²) in [6.07, 6.45) is 0. The fraction of sp³-hybridized carbons (Fsp3) is 0. The molecule has 10 nitrogen and oxygen atoms in total. The standard InChI is InChI=1S/2C34H20N2O.C34H20N2S.C30H18N2S/c1-2-9-22(10-3-1)32-28-18-14-21-8-4-5-11-26(21)33(28)36-34(35-32)24-15-17-25-23(20-24)16-19-30-31(25)27-12-6-7-13-29(27)37-30;1-2-9-22(10-3-1)33-32-25-11-5-4-8-21(25)15-18-28(32)35-34(36-33)24-14-17-26-23(20-24)16-19-30-31(26)27-12-6-7-13-29(27)37-30;1-2-9-23(10-3-1)31-28-19-17-21-8-4-5-11-25(21)32(28)36-34(35-31)24-15-14-22-16-18-27-26-12-6-7-13-30(26)37-33(27)29(22)20-24;1-2-8-20(9-3-1)28-24-11-4-6-12-26(24)31-30(32-28)21-15-14-19-16-17-23-22-10-5-7-13-27(22)33-29(23)25(19)18-21/h3*1-20H;1-18H. The van der Waals surface area contributed by atoms with Crippen LogP contribution in [0.15, 0.2) is 482 Å². The van der Waals surface area contributed by atoms with Gasteiger partial charge >= 0.3 is 0 Å². The Labute approximate surface area is 832 Å². The number of thiophene rings is 2. The lowest BCUT2D eigenvalue weighted by molar-refractivity contribution is 0.669. The van der Waals surface area contributed by atoms with Crippen molar-refractivity contribution in [1.29, 1.82) is 0 Å². The highest BCUT2D eigenvalue weighted by Crippen LogP contribution is 2.47. The van der Waals surface area contributed by atoms with Gasteiger partial charge in [-0.25, -0.2) is 39.9 Å². The van der Waals surface area contributed by atoms with Gasteiger partial charge in [-0.15, -0.1) is 22.7 Å². The maximum absolute atomic E-state index is 6.10. The van der Waals surface area contributed by atoms with E-state index in [2.05, 4.69) is 413 Å². The predicted octanol–water partition coefficient (Wildman–Crippen LogP) is 36.5. The second-order valence-corrected chi connectivity index (χ2v) is 38.6. The fourth-order valence-electron chi connectivity index (χ4n) is 21.1. The third-order valence-corrected chi connectivity index (χ3v) is 30.5. The first-order chi connectivity index (χ1) is 71.3. The van der Waals surface area contributed by atoms with Crippen LogP contribution < -0.4 is 0 Å². The average Bonchev–Trinajstić information content (AvgIpc) is 1.47. The van der Waals surface area contributed by atoms with Gasteiger partial charge in [0.1, 0.15) is 22.3 Å². The minimum Gasteiger partial charge on any atom is -0.456 e. The van der Waals surface area contributed by atoms with E-state index in [0.29, 0.717) is 0 Å². The van der Waals surface area contributed by atoms with E-state index >= 15 is 0 Å². The normalized spacial score (nSPS) is 11.8. The molecular formula is C132H78N8O2S2. The highest BCUT2D eigenvalue weighted by Gasteiger charge is 2.24. The third-order valence-electron chi connectivity index (χ3n) is 28.0. The number of furan rings is 2. The Morgan fingerprint density at radius 2 is 0.458 bits per heavy atom. The smallest absolute Gasteiger partial charge is 0.160 e. The Hall–Kier alpha value is -18.7. The molecule has 0 aliphatic rings. The summed E-state index contributed by atoms with van der Waals surface area (Å²) in [7, 11) is 0. The van der Waals surface area contributed by atoms with Crippen molar-refractivity contribution >= 4 is 226 Å². The highest BCUT2D eigenvalue weighted by molar-refractivity contribution is 7.27. The summed E-state index contributed by atoms with van der Waals surface area (Å²) in [5.74, 6) is 2.96. The van der Waals surface area contributed by atoms with Gasteiger partial charge in [0.05, 0.1) is 44.8 Å². The Bertz CT molecular complexity index is 10700. The molecule has 0 N–H and O–H groups in total. The maximum Gasteiger partial charge on any atom is 0.160 e. The van der Waals surface area contributed by atoms with Gasteiger partial charge in [0, 0.05) is 149 Å². The zero-order chi connectivity index (χ0) is 94.8. The third kappa shape index (κ3) is 14.5. The lowest BCUT2D eigenvalue weighted by Gasteiger charge is -2.12. The molecular weight excluding hydrogens is 1790 g/mol. The molecule has 0 spiro atoms. The van der Waals surface area contributed by atoms with Crippen LogP contribution >= 0.6 is 22.7 Å². The molecule has 0 aliphatic carbocycles. The van der Waals surface area contributed by atoms with Crippen molar-refractivity contribution in [3.05, 3.63) is 473 Å². The van der Waals surface area contributed by atoms with Gasteiger partial charge < -0.3 is 8.83 Å². The van der Waals surface area contributed by atoms with Gasteiger partial charge in [-0.2, -0.15) is 0 Å². The second-order valence-electron chi connectivity index (χ2n) is 36.5. The van der Waals surface area contributed by atoms with E-state index in [9.17, 15) is 0 Å². The summed E-state index contributed by atoms with van der Waals surface area (Å²) < 4.78 is 17.5. The highest BCUT2D eigenvalue weighted by atomic mass is 32.1. The molecule has 0 saturated heterocycles. The first-order valence-electron chi connectivity index (χ1n) is 48.3. The number of nitrogens with zero attached hydrogens (tertiary/aromatic N) is 8. The number of hydrogen-bond donors (Lipinski definition) is 0. The number of para-hydroxylation sites is 3. The van der Waals surface area contributed by atoms with Crippen LogP contribution in [0.4, 0.5) is 0 Å². The van der Waals surface area contributed by atoms with Gasteiger partial charge in [0.25, 0.3) is 0 Å². The Morgan fingerprint density at radius 3 is 0.931 bits per heavy atom. The molecule has 0 aliphatic heterocycles. The van der Waals surface area contributed by atoms with Crippen LogP contribution in [-0.4, -0.2) is 39.9 Å². The Morgan fingerprint density at radius 1 is 0.153 bits per heavy atom. The minimum absolute atomic E-state index is 0.723. The molecule has 0 fully saturated rings. The summed E-state index contributed by atoms with van der Waals surface area (Å²) in [5, 5.41) is 30.7. The van der Waals surface area contributed by atoms with Crippen molar-refractivity contribution in [2.75, 3.05) is 0 Å². The van der Waals surface area contributed by atoms with Crippen LogP contribution in [0.3, 0.4) is 0 Å². The molecule has 12 heteroatoms. The molecule has 8 aromatic heterocycles. The largest absolute Gasteiger partial charge is 0.456 e. The molecule has 0 bridgehead atoms. The van der Waals surface area contributed by atoms with Crippen molar-refractivity contribution in [3.8, 4) is 90.6 Å². The van der Waals surface area contributed by atoms with Gasteiger partial charge in [-0.3, -0.25) is 0 Å². The molecule has 31 aromatic rings. The van der Waals surface area contributed by atoms with Crippen LogP contribution in [0.25, 0.3) is 294 Å². The summed E-state index contributed by atoms with van der Waals surface area (Å²) in [6.45, 7) is 0. The van der Waals surface area contributed by atoms with Crippen LogP contribution in [0.5, 0.6) is 0 Å². The summed E-state index contributed by atoms with van der Waals surface area (Å²) in [5.41, 5.74) is 19.7. The van der Waals surface area contributed by atoms with Crippen LogP contribution in [0.2, 0.25) is 0 Å². The number of fused-ring (bicyclic) bond motifs is 30. The van der Waals surface area contributed by atoms with Crippen molar-refractivity contribution in [3.63, 3.8) is 0 Å². The molecule has 0 unspecified atom stereocenters. The van der Waals surface area contributed by atoms with Gasteiger partial charge in [-0.05, 0) is 139 Å². The van der Waals surface area contributed by atoms with E-state index in [1.165, 1.54) is 88.8 Å². The topological polar surface area (TPSA) is 129 Å². The van der Waals surface area contributed by atoms with E-state index in [-0.39, 0.29) is 0 Å². The van der Waals surface area contributed by atoms with Crippen molar-refractivity contribution in [2.45, 2.75) is 0 Å². The lowest BCUT2D eigenvalue weighted by atomic mass is 9.99. The predicted molar refractivity (Wildman–Crippen MR) is 605 cm³/mol. The van der Waals surface area contributed by atoms with Crippen molar-refractivity contribution in [1.82, 2.24) is 39.9 Å². The zero-order valence-corrected chi connectivity index (χ0v) is 78.9. The van der Waals surface area contributed by atoms with Crippen molar-refractivity contribution < 1.29 is 8.83 Å². The van der Waals surface area contributed by atoms with E-state index in [4.69, 9.17) is 48.7 Å².